The first-order valence-electron chi connectivity index (χ1n) is 7.80. The van der Waals surface area contributed by atoms with Gasteiger partial charge in [-0.1, -0.05) is 33.1 Å². The summed E-state index contributed by atoms with van der Waals surface area (Å²) in [6, 6.07) is 0.811. The highest BCUT2D eigenvalue weighted by molar-refractivity contribution is 4.89. The van der Waals surface area contributed by atoms with E-state index in [1.807, 2.05) is 0 Å². The Labute approximate surface area is 108 Å². The Morgan fingerprint density at radius 2 is 1.41 bits per heavy atom. The van der Waals surface area contributed by atoms with Crippen LogP contribution in [0.15, 0.2) is 0 Å². The van der Waals surface area contributed by atoms with Crippen LogP contribution in [0.5, 0.6) is 0 Å². The Hall–Kier alpha value is -0.0400. The van der Waals surface area contributed by atoms with E-state index < -0.39 is 0 Å². The maximum absolute atomic E-state index is 3.67. The Morgan fingerprint density at radius 3 is 1.94 bits per heavy atom. The summed E-state index contributed by atoms with van der Waals surface area (Å²) in [5.74, 6) is 1.93. The van der Waals surface area contributed by atoms with Crippen LogP contribution >= 0.6 is 0 Å². The average molecular weight is 237 g/mol. The van der Waals surface area contributed by atoms with Crippen LogP contribution in [0, 0.1) is 17.3 Å². The molecule has 2 fully saturated rings. The van der Waals surface area contributed by atoms with Crippen LogP contribution in [0.3, 0.4) is 0 Å². The van der Waals surface area contributed by atoms with E-state index in [2.05, 4.69) is 26.2 Å². The minimum atomic E-state index is 0.612. The average Bonchev–Trinajstić information content (AvgIpc) is 2.33. The van der Waals surface area contributed by atoms with Gasteiger partial charge in [-0.2, -0.15) is 0 Å². The van der Waals surface area contributed by atoms with Gasteiger partial charge in [-0.3, -0.25) is 0 Å². The second kappa shape index (κ2) is 5.73. The van der Waals surface area contributed by atoms with Gasteiger partial charge in [0.25, 0.3) is 0 Å². The van der Waals surface area contributed by atoms with Crippen molar-refractivity contribution in [3.8, 4) is 0 Å². The zero-order chi connectivity index (χ0) is 12.3. The minimum Gasteiger partial charge on any atom is -0.316 e. The van der Waals surface area contributed by atoms with Gasteiger partial charge in [0.15, 0.2) is 0 Å². The van der Waals surface area contributed by atoms with Crippen LogP contribution < -0.4 is 5.32 Å². The fourth-order valence-corrected chi connectivity index (χ4v) is 4.13. The number of hydrogen-bond donors (Lipinski definition) is 1. The first kappa shape index (κ1) is 13.4. The Bertz CT molecular complexity index is 218. The van der Waals surface area contributed by atoms with Gasteiger partial charge in [0.1, 0.15) is 0 Å². The van der Waals surface area contributed by atoms with E-state index in [0.29, 0.717) is 5.41 Å². The van der Waals surface area contributed by atoms with E-state index in [9.17, 15) is 0 Å². The van der Waals surface area contributed by atoms with Gasteiger partial charge in [-0.25, -0.2) is 0 Å². The third-order valence-corrected chi connectivity index (χ3v) is 5.38. The van der Waals surface area contributed by atoms with E-state index in [-0.39, 0.29) is 0 Å². The highest BCUT2D eigenvalue weighted by atomic mass is 14.9. The van der Waals surface area contributed by atoms with Crippen molar-refractivity contribution in [3.63, 3.8) is 0 Å². The van der Waals surface area contributed by atoms with Gasteiger partial charge in [-0.05, 0) is 62.8 Å². The van der Waals surface area contributed by atoms with Crippen LogP contribution in [0.25, 0.3) is 0 Å². The van der Waals surface area contributed by atoms with E-state index in [0.717, 1.165) is 17.9 Å². The lowest BCUT2D eigenvalue weighted by atomic mass is 9.67. The molecular formula is C16H31N. The van der Waals surface area contributed by atoms with Gasteiger partial charge in [0.05, 0.1) is 0 Å². The lowest BCUT2D eigenvalue weighted by Crippen LogP contribution is -2.43. The fourth-order valence-electron chi connectivity index (χ4n) is 4.13. The quantitative estimate of drug-likeness (QED) is 0.768. The molecule has 17 heavy (non-hydrogen) atoms. The van der Waals surface area contributed by atoms with E-state index >= 15 is 0 Å². The molecule has 100 valence electrons. The summed E-state index contributed by atoms with van der Waals surface area (Å²) in [4.78, 5) is 0. The molecule has 0 bridgehead atoms. The summed E-state index contributed by atoms with van der Waals surface area (Å²) in [5, 5.41) is 3.67. The first-order chi connectivity index (χ1) is 8.12. The van der Waals surface area contributed by atoms with E-state index in [4.69, 9.17) is 0 Å². The third-order valence-electron chi connectivity index (χ3n) is 5.38. The molecule has 2 aliphatic carbocycles. The topological polar surface area (TPSA) is 12.0 Å². The van der Waals surface area contributed by atoms with E-state index in [1.54, 1.807) is 0 Å². The van der Waals surface area contributed by atoms with Gasteiger partial charge in [0.2, 0.25) is 0 Å². The second-order valence-corrected chi connectivity index (χ2v) is 7.21. The highest BCUT2D eigenvalue weighted by Gasteiger charge is 2.34. The molecule has 2 aliphatic rings. The van der Waals surface area contributed by atoms with Crippen molar-refractivity contribution in [2.24, 2.45) is 17.3 Å². The summed E-state index contributed by atoms with van der Waals surface area (Å²) in [5.41, 5.74) is 0.612. The van der Waals surface area contributed by atoms with Crippen molar-refractivity contribution >= 4 is 0 Å². The van der Waals surface area contributed by atoms with Crippen LogP contribution in [-0.4, -0.2) is 13.1 Å². The maximum atomic E-state index is 3.67. The van der Waals surface area contributed by atoms with Crippen molar-refractivity contribution in [2.75, 3.05) is 7.05 Å². The van der Waals surface area contributed by atoms with Crippen molar-refractivity contribution in [1.29, 1.82) is 0 Å². The summed E-state index contributed by atoms with van der Waals surface area (Å²) in [6.45, 7) is 4.89. The molecule has 2 rings (SSSR count). The number of rotatable bonds is 3. The molecule has 0 amide bonds. The van der Waals surface area contributed by atoms with Crippen LogP contribution in [0.1, 0.15) is 71.6 Å². The molecule has 0 heterocycles. The first-order valence-corrected chi connectivity index (χ1v) is 7.80. The minimum absolute atomic E-state index is 0.612. The molecule has 0 aromatic heterocycles. The Balaban J connectivity index is 1.89. The Kier molecular flexibility index (Phi) is 4.52. The van der Waals surface area contributed by atoms with Crippen molar-refractivity contribution < 1.29 is 0 Å². The molecular weight excluding hydrogens is 206 g/mol. The monoisotopic (exact) mass is 237 g/mol. The molecule has 1 nitrogen and oxygen atoms in total. The fraction of sp³-hybridized carbons (Fsp3) is 1.00. The van der Waals surface area contributed by atoms with Gasteiger partial charge >= 0.3 is 0 Å². The van der Waals surface area contributed by atoms with Crippen LogP contribution in [0.2, 0.25) is 0 Å². The predicted octanol–water partition coefficient (Wildman–Crippen LogP) is 4.37. The van der Waals surface area contributed by atoms with Crippen molar-refractivity contribution in [1.82, 2.24) is 5.32 Å². The number of nitrogens with one attached hydrogen (secondary N) is 1. The van der Waals surface area contributed by atoms with Gasteiger partial charge in [-0.15, -0.1) is 0 Å². The molecule has 0 saturated heterocycles. The second-order valence-electron chi connectivity index (χ2n) is 7.21. The smallest absolute Gasteiger partial charge is 0.0121 e. The normalized spacial score (nSPS) is 29.1. The molecule has 2 saturated carbocycles. The molecule has 1 atom stereocenters. The highest BCUT2D eigenvalue weighted by Crippen LogP contribution is 2.42. The van der Waals surface area contributed by atoms with Crippen molar-refractivity contribution in [3.05, 3.63) is 0 Å². The SMILES string of the molecule is CNC(C1CCCCC1)C1CCC(C)(C)CC1. The van der Waals surface area contributed by atoms with E-state index in [1.165, 1.54) is 57.8 Å². The standard InChI is InChI=1S/C16H31N/c1-16(2)11-9-14(10-12-16)15(17-3)13-7-5-4-6-8-13/h13-15,17H,4-12H2,1-3H3. The van der Waals surface area contributed by atoms with Crippen LogP contribution in [-0.2, 0) is 0 Å². The summed E-state index contributed by atoms with van der Waals surface area (Å²) >= 11 is 0. The maximum Gasteiger partial charge on any atom is 0.0121 e. The zero-order valence-corrected chi connectivity index (χ0v) is 12.1. The van der Waals surface area contributed by atoms with Crippen LogP contribution in [0.4, 0.5) is 0 Å². The molecule has 0 aromatic carbocycles. The molecule has 1 N–H and O–H groups in total. The summed E-state index contributed by atoms with van der Waals surface area (Å²) in [7, 11) is 2.19. The summed E-state index contributed by atoms with van der Waals surface area (Å²) < 4.78 is 0. The largest absolute Gasteiger partial charge is 0.316 e. The predicted molar refractivity (Wildman–Crippen MR) is 75.2 cm³/mol. The molecule has 0 aromatic rings. The van der Waals surface area contributed by atoms with Gasteiger partial charge < -0.3 is 5.32 Å². The van der Waals surface area contributed by atoms with Crippen molar-refractivity contribution in [2.45, 2.75) is 77.7 Å². The lowest BCUT2D eigenvalue weighted by molar-refractivity contribution is 0.125. The summed E-state index contributed by atoms with van der Waals surface area (Å²) in [6.07, 6.45) is 13.2. The molecule has 1 heteroatoms. The van der Waals surface area contributed by atoms with Gasteiger partial charge in [0, 0.05) is 6.04 Å². The molecule has 0 spiro atoms. The molecule has 0 radical (unpaired) electrons. The molecule has 0 aliphatic heterocycles. The number of hydrogen-bond acceptors (Lipinski definition) is 1. The Morgan fingerprint density at radius 1 is 0.882 bits per heavy atom. The zero-order valence-electron chi connectivity index (χ0n) is 12.1. The molecule has 1 unspecified atom stereocenters. The lowest BCUT2D eigenvalue weighted by Gasteiger charge is -2.41. The third kappa shape index (κ3) is 3.47.